The minimum atomic E-state index is -4.22. The maximum Gasteiger partial charge on any atom is 0.439 e. The Labute approximate surface area is 253 Å². The van der Waals surface area contributed by atoms with Crippen molar-refractivity contribution in [1.29, 1.82) is 0 Å². The lowest BCUT2D eigenvalue weighted by molar-refractivity contribution is -0.185. The first-order valence-corrected chi connectivity index (χ1v) is 15.4. The van der Waals surface area contributed by atoms with Crippen LogP contribution in [0, 0.1) is 11.8 Å². The van der Waals surface area contributed by atoms with Gasteiger partial charge in [0.2, 0.25) is 0 Å². The van der Waals surface area contributed by atoms with E-state index in [2.05, 4.69) is 14.7 Å². The van der Waals surface area contributed by atoms with Gasteiger partial charge in [-0.1, -0.05) is 12.1 Å². The Morgan fingerprint density at radius 3 is 2.27 bits per heavy atom. The number of thiazole rings is 1. The van der Waals surface area contributed by atoms with Crippen LogP contribution >= 0.6 is 11.3 Å². The fourth-order valence-corrected chi connectivity index (χ4v) is 7.35. The van der Waals surface area contributed by atoms with Crippen molar-refractivity contribution in [3.05, 3.63) is 44.3 Å². The Kier molecular flexibility index (Phi) is 9.64. The summed E-state index contributed by atoms with van der Waals surface area (Å²) in [7, 11) is 1.46. The zero-order valence-electron chi connectivity index (χ0n) is 24.3. The summed E-state index contributed by atoms with van der Waals surface area (Å²) in [6.45, 7) is 2.81. The largest absolute Gasteiger partial charge is 0.496 e. The summed E-state index contributed by atoms with van der Waals surface area (Å²) in [4.78, 5) is 21.6. The van der Waals surface area contributed by atoms with Crippen LogP contribution in [0.4, 0.5) is 26.3 Å². The molecule has 44 heavy (non-hydrogen) atoms. The standard InChI is InChI=1S/C29H34F6N4O4S/c1-3-22(42-19-8-9-20(23(14-19)41-2)25-37-27(40)43-38-25)24-21(15-39-12-10-18(11-13-39)29(33,34)35)36-26(44-24)16-4-6-17(7-5-16)28(30,31)32/h8-9,14,16-18,22H,3-7,10-13,15H2,1-2H3,(H,37,38,40)/t16-,17-,22?. The number of alkyl halides is 6. The van der Waals surface area contributed by atoms with Crippen LogP contribution in [0.2, 0.25) is 0 Å². The highest BCUT2D eigenvalue weighted by molar-refractivity contribution is 7.11. The predicted octanol–water partition coefficient (Wildman–Crippen LogP) is 7.64. The number of likely N-dealkylation sites (tertiary alicyclic amines) is 1. The smallest absolute Gasteiger partial charge is 0.439 e. The Bertz CT molecular complexity index is 1450. The molecule has 1 aliphatic carbocycles. The Hall–Kier alpha value is -3.07. The van der Waals surface area contributed by atoms with E-state index in [4.69, 9.17) is 14.5 Å². The summed E-state index contributed by atoms with van der Waals surface area (Å²) >= 11 is 1.42. The SMILES string of the molecule is CCC(Oc1ccc(-c2noc(=O)[nH]2)c(OC)c1)c1sc([C@H]2CC[C@H](C(F)(F)F)CC2)nc1CN1CCC(C(F)(F)F)CC1. The number of ether oxygens (including phenoxy) is 2. The second-order valence-corrected chi connectivity index (χ2v) is 12.4. The lowest BCUT2D eigenvalue weighted by Crippen LogP contribution is -2.38. The van der Waals surface area contributed by atoms with Gasteiger partial charge in [-0.05, 0) is 70.2 Å². The third kappa shape index (κ3) is 7.41. The summed E-state index contributed by atoms with van der Waals surface area (Å²) in [5.74, 6) is -2.45. The van der Waals surface area contributed by atoms with Crippen LogP contribution < -0.4 is 15.2 Å². The van der Waals surface area contributed by atoms with Gasteiger partial charge in [-0.25, -0.2) is 9.78 Å². The van der Waals surface area contributed by atoms with Gasteiger partial charge in [0, 0.05) is 18.5 Å². The highest BCUT2D eigenvalue weighted by Gasteiger charge is 2.43. The van der Waals surface area contributed by atoms with E-state index in [1.165, 1.54) is 18.4 Å². The first-order valence-electron chi connectivity index (χ1n) is 14.6. The molecule has 0 radical (unpaired) electrons. The van der Waals surface area contributed by atoms with E-state index in [1.54, 1.807) is 18.2 Å². The zero-order valence-corrected chi connectivity index (χ0v) is 25.1. The number of aromatic nitrogens is 3. The van der Waals surface area contributed by atoms with Gasteiger partial charge >= 0.3 is 18.1 Å². The molecule has 2 aromatic heterocycles. The molecule has 5 rings (SSSR count). The number of hydrogen-bond donors (Lipinski definition) is 1. The second kappa shape index (κ2) is 13.1. The number of halogens is 6. The number of rotatable bonds is 9. The number of nitrogens with one attached hydrogen (secondary N) is 1. The number of nitrogens with zero attached hydrogens (tertiary/aromatic N) is 3. The third-order valence-electron chi connectivity index (χ3n) is 8.52. The molecule has 1 aliphatic heterocycles. The third-order valence-corrected chi connectivity index (χ3v) is 9.87. The quantitative estimate of drug-likeness (QED) is 0.239. The van der Waals surface area contributed by atoms with Gasteiger partial charge in [-0.3, -0.25) is 14.4 Å². The van der Waals surface area contributed by atoms with Crippen molar-refractivity contribution in [3.8, 4) is 22.9 Å². The van der Waals surface area contributed by atoms with Crippen molar-refractivity contribution in [2.75, 3.05) is 20.2 Å². The van der Waals surface area contributed by atoms with Gasteiger partial charge in [0.1, 0.15) is 17.6 Å². The maximum absolute atomic E-state index is 13.3. The average Bonchev–Trinajstić information content (AvgIpc) is 3.61. The fraction of sp³-hybridized carbons (Fsp3) is 0.621. The minimum absolute atomic E-state index is 0.00786. The van der Waals surface area contributed by atoms with Crippen LogP contribution in [0.1, 0.15) is 79.5 Å². The molecule has 1 atom stereocenters. The lowest BCUT2D eigenvalue weighted by Gasteiger charge is -2.32. The number of benzene rings is 1. The van der Waals surface area contributed by atoms with Crippen LogP contribution in [0.5, 0.6) is 11.5 Å². The summed E-state index contributed by atoms with van der Waals surface area (Å²) in [6.07, 6.45) is -7.54. The second-order valence-electron chi connectivity index (χ2n) is 11.4. The van der Waals surface area contributed by atoms with Gasteiger partial charge in [0.05, 0.1) is 40.1 Å². The van der Waals surface area contributed by atoms with E-state index in [0.717, 1.165) is 9.88 Å². The number of aromatic amines is 1. The van der Waals surface area contributed by atoms with Gasteiger partial charge in [0.25, 0.3) is 0 Å². The van der Waals surface area contributed by atoms with E-state index in [-0.39, 0.29) is 50.5 Å². The molecule has 1 saturated carbocycles. The molecule has 2 aliphatic rings. The van der Waals surface area contributed by atoms with Crippen molar-refractivity contribution in [2.45, 2.75) is 82.8 Å². The van der Waals surface area contributed by atoms with Crippen molar-refractivity contribution >= 4 is 11.3 Å². The molecule has 0 amide bonds. The average molecular weight is 649 g/mol. The van der Waals surface area contributed by atoms with E-state index in [1.807, 2.05) is 11.8 Å². The molecule has 15 heteroatoms. The molecule has 242 valence electrons. The Morgan fingerprint density at radius 1 is 1.05 bits per heavy atom. The number of hydrogen-bond acceptors (Lipinski definition) is 8. The van der Waals surface area contributed by atoms with Crippen molar-refractivity contribution < 1.29 is 40.3 Å². The van der Waals surface area contributed by atoms with E-state index >= 15 is 0 Å². The van der Waals surface area contributed by atoms with Gasteiger partial charge in [0.15, 0.2) is 5.82 Å². The molecule has 8 nitrogen and oxygen atoms in total. The number of methoxy groups -OCH3 is 1. The van der Waals surface area contributed by atoms with Crippen LogP contribution in [-0.4, -0.2) is 52.6 Å². The Morgan fingerprint density at radius 2 is 1.70 bits per heavy atom. The van der Waals surface area contributed by atoms with Gasteiger partial charge < -0.3 is 9.47 Å². The molecule has 3 heterocycles. The highest BCUT2D eigenvalue weighted by Crippen LogP contribution is 2.46. The summed E-state index contributed by atoms with van der Waals surface area (Å²) in [5, 5.41) is 4.44. The molecule has 0 bridgehead atoms. The topological polar surface area (TPSA) is 93.5 Å². The van der Waals surface area contributed by atoms with Crippen LogP contribution in [0.3, 0.4) is 0 Å². The molecule has 3 aromatic rings. The molecule has 0 spiro atoms. The van der Waals surface area contributed by atoms with E-state index in [9.17, 15) is 31.1 Å². The monoisotopic (exact) mass is 648 g/mol. The molecular weight excluding hydrogens is 614 g/mol. The summed E-state index contributed by atoms with van der Waals surface area (Å²) in [5.41, 5.74) is 1.17. The van der Waals surface area contributed by atoms with E-state index in [0.29, 0.717) is 48.6 Å². The van der Waals surface area contributed by atoms with Crippen molar-refractivity contribution in [2.24, 2.45) is 11.8 Å². The number of piperidine rings is 1. The first kappa shape index (κ1) is 32.3. The molecular formula is C29H34F6N4O4S. The van der Waals surface area contributed by atoms with Crippen LogP contribution in [-0.2, 0) is 6.54 Å². The normalized spacial score (nSPS) is 21.4. The zero-order chi connectivity index (χ0) is 31.6. The predicted molar refractivity (Wildman–Crippen MR) is 150 cm³/mol. The fourth-order valence-electron chi connectivity index (χ4n) is 5.99. The Balaban J connectivity index is 1.39. The molecule has 1 saturated heterocycles. The maximum atomic E-state index is 13.3. The summed E-state index contributed by atoms with van der Waals surface area (Å²) < 4.78 is 96.1. The molecule has 1 N–H and O–H groups in total. The van der Waals surface area contributed by atoms with Crippen LogP contribution in [0.25, 0.3) is 11.4 Å². The van der Waals surface area contributed by atoms with E-state index < -0.39 is 36.0 Å². The van der Waals surface area contributed by atoms with Crippen molar-refractivity contribution in [3.63, 3.8) is 0 Å². The number of H-pyrrole nitrogens is 1. The van der Waals surface area contributed by atoms with Gasteiger partial charge in [-0.2, -0.15) is 26.3 Å². The van der Waals surface area contributed by atoms with Gasteiger partial charge in [-0.15, -0.1) is 11.3 Å². The molecule has 2 fully saturated rings. The minimum Gasteiger partial charge on any atom is -0.496 e. The summed E-state index contributed by atoms with van der Waals surface area (Å²) in [6, 6.07) is 5.00. The highest BCUT2D eigenvalue weighted by atomic mass is 32.1. The molecule has 1 aromatic carbocycles. The first-order chi connectivity index (χ1) is 20.9. The molecule has 1 unspecified atom stereocenters. The van der Waals surface area contributed by atoms with Crippen molar-refractivity contribution in [1.82, 2.24) is 20.0 Å². The van der Waals surface area contributed by atoms with Crippen LogP contribution in [0.15, 0.2) is 27.5 Å². The lowest BCUT2D eigenvalue weighted by atomic mass is 9.82.